The summed E-state index contributed by atoms with van der Waals surface area (Å²) in [6, 6.07) is 7.95. The molecule has 0 aliphatic carbocycles. The Morgan fingerprint density at radius 3 is 2.29 bits per heavy atom. The van der Waals surface area contributed by atoms with Crippen LogP contribution >= 0.6 is 0 Å². The van der Waals surface area contributed by atoms with Crippen LogP contribution in [0, 0.1) is 0 Å². The number of nitrogens with zero attached hydrogens (tertiary/aromatic N) is 2. The normalized spacial score (nSPS) is 21.0. The molecule has 0 aromatic heterocycles. The summed E-state index contributed by atoms with van der Waals surface area (Å²) in [7, 11) is 0.660. The lowest BCUT2D eigenvalue weighted by atomic mass is 10.1. The standard InChI is InChI=1S/C18H28N2O3S/c1-5-15-6-8-16(9-7-15)12-19(3)14(2)18(21)20(4)17-10-11-24(22,23)13-17/h6-9,14,17H,5,10-13H2,1-4H3/t14-,17+/m1/s1. The van der Waals surface area contributed by atoms with E-state index in [2.05, 4.69) is 31.2 Å². The van der Waals surface area contributed by atoms with Crippen molar-refractivity contribution in [3.05, 3.63) is 35.4 Å². The lowest BCUT2D eigenvalue weighted by molar-refractivity contribution is -0.136. The van der Waals surface area contributed by atoms with Gasteiger partial charge in [-0.1, -0.05) is 31.2 Å². The average molecular weight is 353 g/mol. The minimum atomic E-state index is -2.98. The van der Waals surface area contributed by atoms with Crippen LogP contribution in [0.3, 0.4) is 0 Å². The van der Waals surface area contributed by atoms with E-state index in [1.54, 1.807) is 11.9 Å². The molecular weight excluding hydrogens is 324 g/mol. The number of hydrogen-bond donors (Lipinski definition) is 0. The van der Waals surface area contributed by atoms with Crippen LogP contribution in [0.15, 0.2) is 24.3 Å². The van der Waals surface area contributed by atoms with Crippen LogP contribution < -0.4 is 0 Å². The number of amides is 1. The van der Waals surface area contributed by atoms with E-state index in [9.17, 15) is 13.2 Å². The molecule has 1 saturated heterocycles. The first-order valence-electron chi connectivity index (χ1n) is 8.48. The van der Waals surface area contributed by atoms with Crippen LogP contribution in [0.1, 0.15) is 31.4 Å². The van der Waals surface area contributed by atoms with E-state index in [1.807, 2.05) is 18.9 Å². The van der Waals surface area contributed by atoms with Gasteiger partial charge in [0.15, 0.2) is 9.84 Å². The lowest BCUT2D eigenvalue weighted by Crippen LogP contribution is -2.48. The van der Waals surface area contributed by atoms with Crippen molar-refractivity contribution in [1.29, 1.82) is 0 Å². The largest absolute Gasteiger partial charge is 0.340 e. The molecular formula is C18H28N2O3S. The predicted molar refractivity (Wildman–Crippen MR) is 96.6 cm³/mol. The van der Waals surface area contributed by atoms with Gasteiger partial charge in [0.25, 0.3) is 0 Å². The number of aryl methyl sites for hydroxylation is 1. The fourth-order valence-corrected chi connectivity index (χ4v) is 4.82. The molecule has 1 aromatic rings. The number of benzene rings is 1. The van der Waals surface area contributed by atoms with Gasteiger partial charge in [0, 0.05) is 19.6 Å². The molecule has 134 valence electrons. The van der Waals surface area contributed by atoms with Crippen molar-refractivity contribution in [2.45, 2.75) is 45.3 Å². The quantitative estimate of drug-likeness (QED) is 0.782. The van der Waals surface area contributed by atoms with Crippen molar-refractivity contribution in [3.8, 4) is 0 Å². The zero-order chi connectivity index (χ0) is 17.9. The second-order valence-corrected chi connectivity index (χ2v) is 9.00. The molecule has 1 amide bonds. The van der Waals surface area contributed by atoms with Gasteiger partial charge in [-0.25, -0.2) is 8.42 Å². The molecule has 0 saturated carbocycles. The van der Waals surface area contributed by atoms with Gasteiger partial charge in [0.05, 0.1) is 17.5 Å². The lowest BCUT2D eigenvalue weighted by Gasteiger charge is -2.31. The summed E-state index contributed by atoms with van der Waals surface area (Å²) in [5.41, 5.74) is 2.47. The monoisotopic (exact) mass is 352 g/mol. The van der Waals surface area contributed by atoms with Crippen molar-refractivity contribution in [2.75, 3.05) is 25.6 Å². The number of sulfone groups is 1. The Morgan fingerprint density at radius 2 is 1.79 bits per heavy atom. The van der Waals surface area contributed by atoms with E-state index in [1.165, 1.54) is 11.1 Å². The van der Waals surface area contributed by atoms with E-state index in [4.69, 9.17) is 0 Å². The van der Waals surface area contributed by atoms with Crippen molar-refractivity contribution < 1.29 is 13.2 Å². The summed E-state index contributed by atoms with van der Waals surface area (Å²) in [6.45, 7) is 4.69. The highest BCUT2D eigenvalue weighted by Gasteiger charge is 2.34. The molecule has 1 fully saturated rings. The second kappa shape index (κ2) is 7.66. The molecule has 0 N–H and O–H groups in total. The van der Waals surface area contributed by atoms with E-state index in [-0.39, 0.29) is 29.5 Å². The predicted octanol–water partition coefficient (Wildman–Crippen LogP) is 1.71. The minimum Gasteiger partial charge on any atom is -0.340 e. The summed E-state index contributed by atoms with van der Waals surface area (Å²) in [6.07, 6.45) is 1.56. The maximum atomic E-state index is 12.7. The Labute approximate surface area is 145 Å². The smallest absolute Gasteiger partial charge is 0.239 e. The molecule has 5 nitrogen and oxygen atoms in total. The van der Waals surface area contributed by atoms with Crippen molar-refractivity contribution >= 4 is 15.7 Å². The van der Waals surface area contributed by atoms with Gasteiger partial charge in [-0.05, 0) is 37.9 Å². The third-order valence-corrected chi connectivity index (χ3v) is 6.74. The van der Waals surface area contributed by atoms with Crippen LogP contribution in [0.4, 0.5) is 0 Å². The van der Waals surface area contributed by atoms with Gasteiger partial charge in [0.1, 0.15) is 0 Å². The molecule has 2 rings (SSSR count). The van der Waals surface area contributed by atoms with E-state index in [0.29, 0.717) is 13.0 Å². The van der Waals surface area contributed by atoms with E-state index >= 15 is 0 Å². The maximum absolute atomic E-state index is 12.7. The van der Waals surface area contributed by atoms with Gasteiger partial charge in [-0.3, -0.25) is 9.69 Å². The van der Waals surface area contributed by atoms with Gasteiger partial charge in [0.2, 0.25) is 5.91 Å². The minimum absolute atomic E-state index is 0.0234. The number of carbonyl (C=O) groups excluding carboxylic acids is 1. The van der Waals surface area contributed by atoms with Crippen molar-refractivity contribution in [1.82, 2.24) is 9.80 Å². The first-order chi connectivity index (χ1) is 11.2. The summed E-state index contributed by atoms with van der Waals surface area (Å²) in [5.74, 6) is 0.248. The SMILES string of the molecule is CCc1ccc(CN(C)[C@H](C)C(=O)N(C)[C@H]2CCS(=O)(=O)C2)cc1. The van der Waals surface area contributed by atoms with Crippen LogP contribution in [0.2, 0.25) is 0 Å². The van der Waals surface area contributed by atoms with Gasteiger partial charge in [-0.15, -0.1) is 0 Å². The second-order valence-electron chi connectivity index (χ2n) is 6.77. The van der Waals surface area contributed by atoms with Crippen molar-refractivity contribution in [2.24, 2.45) is 0 Å². The fraction of sp³-hybridized carbons (Fsp3) is 0.611. The van der Waals surface area contributed by atoms with E-state index < -0.39 is 9.84 Å². The van der Waals surface area contributed by atoms with Gasteiger partial charge < -0.3 is 4.90 Å². The van der Waals surface area contributed by atoms with Crippen LogP contribution in [-0.4, -0.2) is 61.8 Å². The third kappa shape index (κ3) is 4.57. The molecule has 24 heavy (non-hydrogen) atoms. The molecule has 0 bridgehead atoms. The van der Waals surface area contributed by atoms with Crippen LogP contribution in [-0.2, 0) is 27.6 Å². The van der Waals surface area contributed by atoms with Gasteiger partial charge >= 0.3 is 0 Å². The number of carbonyl (C=O) groups is 1. The molecule has 1 aromatic carbocycles. The number of rotatable bonds is 6. The summed E-state index contributed by atoms with van der Waals surface area (Å²) in [4.78, 5) is 16.3. The average Bonchev–Trinajstić information content (AvgIpc) is 2.93. The highest BCUT2D eigenvalue weighted by Crippen LogP contribution is 2.18. The molecule has 0 radical (unpaired) electrons. The fourth-order valence-electron chi connectivity index (χ4n) is 3.05. The van der Waals surface area contributed by atoms with Crippen LogP contribution in [0.5, 0.6) is 0 Å². The first kappa shape index (κ1) is 18.9. The topological polar surface area (TPSA) is 57.7 Å². The molecule has 1 aliphatic rings. The maximum Gasteiger partial charge on any atom is 0.239 e. The summed E-state index contributed by atoms with van der Waals surface area (Å²) < 4.78 is 23.2. The van der Waals surface area contributed by atoms with Crippen molar-refractivity contribution in [3.63, 3.8) is 0 Å². The zero-order valence-electron chi connectivity index (χ0n) is 15.0. The number of hydrogen-bond acceptors (Lipinski definition) is 4. The highest BCUT2D eigenvalue weighted by atomic mass is 32.2. The summed E-state index contributed by atoms with van der Waals surface area (Å²) >= 11 is 0. The van der Waals surface area contributed by atoms with Gasteiger partial charge in [-0.2, -0.15) is 0 Å². The molecule has 0 spiro atoms. The van der Waals surface area contributed by atoms with Crippen LogP contribution in [0.25, 0.3) is 0 Å². The summed E-state index contributed by atoms with van der Waals surface area (Å²) in [5, 5.41) is 0. The zero-order valence-corrected chi connectivity index (χ0v) is 15.8. The third-order valence-electron chi connectivity index (χ3n) is 4.99. The Morgan fingerprint density at radius 1 is 1.21 bits per heavy atom. The Balaban J connectivity index is 1.95. The molecule has 2 atom stereocenters. The molecule has 1 heterocycles. The first-order valence-corrected chi connectivity index (χ1v) is 10.3. The number of likely N-dealkylation sites (N-methyl/N-ethyl adjacent to an activating group) is 2. The molecule has 1 aliphatic heterocycles. The Bertz CT molecular complexity index is 670. The molecule has 6 heteroatoms. The molecule has 0 unspecified atom stereocenters. The Kier molecular flexibility index (Phi) is 6.04. The van der Waals surface area contributed by atoms with E-state index in [0.717, 1.165) is 6.42 Å². The highest BCUT2D eigenvalue weighted by molar-refractivity contribution is 7.91. The Hall–Kier alpha value is -1.40.